The summed E-state index contributed by atoms with van der Waals surface area (Å²) in [4.78, 5) is 29.5. The zero-order valence-corrected chi connectivity index (χ0v) is 14.7. The molecule has 0 saturated heterocycles. The molecule has 6 heteroatoms. The van der Waals surface area contributed by atoms with E-state index in [2.05, 4.69) is 10.3 Å². The van der Waals surface area contributed by atoms with Crippen molar-refractivity contribution in [2.75, 3.05) is 30.9 Å². The van der Waals surface area contributed by atoms with Crippen LogP contribution in [0.2, 0.25) is 0 Å². The van der Waals surface area contributed by atoms with Crippen molar-refractivity contribution in [3.05, 3.63) is 46.8 Å². The number of amides is 1. The first-order valence-electron chi connectivity index (χ1n) is 7.80. The Balaban J connectivity index is 2.21. The third-order valence-electron chi connectivity index (χ3n) is 3.79. The second-order valence-corrected chi connectivity index (χ2v) is 5.74. The third-order valence-corrected chi connectivity index (χ3v) is 3.79. The number of carbonyl (C=O) groups excluding carboxylic acids is 2. The molecular formula is C18H23N3O3. The number of aryl methyl sites for hydroxylation is 1. The Morgan fingerprint density at radius 3 is 2.33 bits per heavy atom. The Labute approximate surface area is 141 Å². The fourth-order valence-corrected chi connectivity index (χ4v) is 2.52. The number of aromatic nitrogens is 1. The molecule has 0 fully saturated rings. The molecule has 2 rings (SSSR count). The lowest BCUT2D eigenvalue weighted by molar-refractivity contribution is 0.0525. The maximum atomic E-state index is 12.5. The summed E-state index contributed by atoms with van der Waals surface area (Å²) < 4.78 is 5.04. The predicted molar refractivity (Wildman–Crippen MR) is 94.9 cm³/mol. The summed E-state index contributed by atoms with van der Waals surface area (Å²) in [5, 5.41) is 2.84. The van der Waals surface area contributed by atoms with E-state index in [0.29, 0.717) is 34.8 Å². The van der Waals surface area contributed by atoms with Crippen LogP contribution < -0.4 is 10.2 Å². The van der Waals surface area contributed by atoms with Gasteiger partial charge >= 0.3 is 5.97 Å². The van der Waals surface area contributed by atoms with Crippen molar-refractivity contribution in [3.63, 3.8) is 0 Å². The summed E-state index contributed by atoms with van der Waals surface area (Å²) in [5.41, 5.74) is 3.74. The number of ether oxygens (including phenoxy) is 1. The normalized spacial score (nSPS) is 10.4. The molecule has 0 saturated carbocycles. The van der Waals surface area contributed by atoms with Crippen LogP contribution >= 0.6 is 0 Å². The number of benzene rings is 1. The molecule has 0 atom stereocenters. The molecule has 0 unspecified atom stereocenters. The zero-order chi connectivity index (χ0) is 17.9. The van der Waals surface area contributed by atoms with Crippen molar-refractivity contribution in [1.82, 2.24) is 4.98 Å². The Kier molecular flexibility index (Phi) is 5.28. The maximum Gasteiger partial charge on any atom is 0.340 e. The van der Waals surface area contributed by atoms with Gasteiger partial charge in [-0.2, -0.15) is 0 Å². The van der Waals surface area contributed by atoms with E-state index in [9.17, 15) is 9.59 Å². The first kappa shape index (κ1) is 17.6. The zero-order valence-electron chi connectivity index (χ0n) is 14.7. The molecule has 0 aliphatic carbocycles. The van der Waals surface area contributed by atoms with E-state index in [1.54, 1.807) is 20.8 Å². The number of nitrogens with zero attached hydrogens (tertiary/aromatic N) is 1. The maximum absolute atomic E-state index is 12.5. The number of anilines is 2. The molecule has 0 radical (unpaired) electrons. The van der Waals surface area contributed by atoms with E-state index in [0.717, 1.165) is 5.69 Å². The fourth-order valence-electron chi connectivity index (χ4n) is 2.52. The minimum atomic E-state index is -0.418. The number of hydrogen-bond acceptors (Lipinski definition) is 4. The summed E-state index contributed by atoms with van der Waals surface area (Å²) in [7, 11) is 3.91. The van der Waals surface area contributed by atoms with E-state index < -0.39 is 5.97 Å². The van der Waals surface area contributed by atoms with Gasteiger partial charge in [0, 0.05) is 31.2 Å². The number of nitrogens with one attached hydrogen (secondary N) is 2. The van der Waals surface area contributed by atoms with Crippen molar-refractivity contribution in [3.8, 4) is 0 Å². The van der Waals surface area contributed by atoms with E-state index in [1.165, 1.54) is 0 Å². The molecule has 0 bridgehead atoms. The van der Waals surface area contributed by atoms with E-state index in [4.69, 9.17) is 4.74 Å². The summed E-state index contributed by atoms with van der Waals surface area (Å²) >= 11 is 0. The molecule has 24 heavy (non-hydrogen) atoms. The standard InChI is InChI=1S/C18H23N3O3/c1-6-24-18(23)15-11(2)16(19-12(15)3)17(22)20-13-7-9-14(10-8-13)21(4)5/h7-10,19H,6H2,1-5H3,(H,20,22). The van der Waals surface area contributed by atoms with Crippen LogP contribution in [0.4, 0.5) is 11.4 Å². The number of esters is 1. The Morgan fingerprint density at radius 1 is 1.17 bits per heavy atom. The highest BCUT2D eigenvalue weighted by Crippen LogP contribution is 2.21. The molecule has 2 N–H and O–H groups in total. The molecular weight excluding hydrogens is 306 g/mol. The number of aromatic amines is 1. The van der Waals surface area contributed by atoms with Crippen LogP contribution in [0.5, 0.6) is 0 Å². The van der Waals surface area contributed by atoms with Crippen molar-refractivity contribution in [1.29, 1.82) is 0 Å². The molecule has 1 aromatic carbocycles. The minimum Gasteiger partial charge on any atom is -0.462 e. The topological polar surface area (TPSA) is 74.4 Å². The van der Waals surface area contributed by atoms with Gasteiger partial charge in [-0.25, -0.2) is 4.79 Å². The van der Waals surface area contributed by atoms with Crippen molar-refractivity contribution in [2.24, 2.45) is 0 Å². The highest BCUT2D eigenvalue weighted by atomic mass is 16.5. The molecule has 6 nitrogen and oxygen atoms in total. The summed E-state index contributed by atoms with van der Waals surface area (Å²) in [6, 6.07) is 7.52. The minimum absolute atomic E-state index is 0.288. The lowest BCUT2D eigenvalue weighted by Crippen LogP contribution is -2.14. The lowest BCUT2D eigenvalue weighted by atomic mass is 10.1. The van der Waals surface area contributed by atoms with Gasteiger partial charge in [-0.05, 0) is 50.6 Å². The van der Waals surface area contributed by atoms with Crippen LogP contribution in [0.25, 0.3) is 0 Å². The van der Waals surface area contributed by atoms with Crippen molar-refractivity contribution >= 4 is 23.3 Å². The molecule has 0 aliphatic rings. The first-order chi connectivity index (χ1) is 11.3. The molecule has 128 valence electrons. The highest BCUT2D eigenvalue weighted by molar-refractivity contribution is 6.06. The quantitative estimate of drug-likeness (QED) is 0.827. The van der Waals surface area contributed by atoms with Crippen molar-refractivity contribution < 1.29 is 14.3 Å². The average Bonchev–Trinajstić information content (AvgIpc) is 2.83. The smallest absolute Gasteiger partial charge is 0.340 e. The molecule has 1 aromatic heterocycles. The van der Waals surface area contributed by atoms with E-state index in [1.807, 2.05) is 43.3 Å². The van der Waals surface area contributed by atoms with Crippen LogP contribution in [-0.4, -0.2) is 37.6 Å². The van der Waals surface area contributed by atoms with Gasteiger partial charge in [-0.1, -0.05) is 0 Å². The summed E-state index contributed by atoms with van der Waals surface area (Å²) in [6.07, 6.45) is 0. The molecule has 1 heterocycles. The SMILES string of the molecule is CCOC(=O)c1c(C)[nH]c(C(=O)Nc2ccc(N(C)C)cc2)c1C. The lowest BCUT2D eigenvalue weighted by Gasteiger charge is -2.13. The van der Waals surface area contributed by atoms with Gasteiger partial charge < -0.3 is 19.9 Å². The highest BCUT2D eigenvalue weighted by Gasteiger charge is 2.22. The van der Waals surface area contributed by atoms with Gasteiger partial charge in [-0.15, -0.1) is 0 Å². The van der Waals surface area contributed by atoms with Gasteiger partial charge in [0.1, 0.15) is 5.69 Å². The van der Waals surface area contributed by atoms with Gasteiger partial charge in [0.05, 0.1) is 12.2 Å². The van der Waals surface area contributed by atoms with Crippen LogP contribution in [-0.2, 0) is 4.74 Å². The van der Waals surface area contributed by atoms with Gasteiger partial charge in [0.25, 0.3) is 5.91 Å². The molecule has 0 spiro atoms. The van der Waals surface area contributed by atoms with Gasteiger partial charge in [-0.3, -0.25) is 4.79 Å². The Bertz CT molecular complexity index is 746. The molecule has 1 amide bonds. The second kappa shape index (κ2) is 7.21. The van der Waals surface area contributed by atoms with E-state index >= 15 is 0 Å². The Morgan fingerprint density at radius 2 is 1.79 bits per heavy atom. The molecule has 0 aliphatic heterocycles. The van der Waals surface area contributed by atoms with Crippen LogP contribution in [0.1, 0.15) is 39.0 Å². The summed E-state index contributed by atoms with van der Waals surface area (Å²) in [6.45, 7) is 5.53. The number of carbonyl (C=O) groups is 2. The number of H-pyrrole nitrogens is 1. The Hall–Kier alpha value is -2.76. The first-order valence-corrected chi connectivity index (χ1v) is 7.80. The number of rotatable bonds is 5. The number of hydrogen-bond donors (Lipinski definition) is 2. The molecule has 2 aromatic rings. The average molecular weight is 329 g/mol. The van der Waals surface area contributed by atoms with E-state index in [-0.39, 0.29) is 5.91 Å². The monoisotopic (exact) mass is 329 g/mol. The van der Waals surface area contributed by atoms with Gasteiger partial charge in [0.15, 0.2) is 0 Å². The summed E-state index contributed by atoms with van der Waals surface area (Å²) in [5.74, 6) is -0.707. The van der Waals surface area contributed by atoms with Crippen LogP contribution in [0, 0.1) is 13.8 Å². The third kappa shape index (κ3) is 3.59. The van der Waals surface area contributed by atoms with Crippen LogP contribution in [0.15, 0.2) is 24.3 Å². The predicted octanol–water partition coefficient (Wildman–Crippen LogP) is 3.13. The fraction of sp³-hybridized carbons (Fsp3) is 0.333. The second-order valence-electron chi connectivity index (χ2n) is 5.74. The van der Waals surface area contributed by atoms with Gasteiger partial charge in [0.2, 0.25) is 0 Å². The van der Waals surface area contributed by atoms with Crippen molar-refractivity contribution in [2.45, 2.75) is 20.8 Å². The van der Waals surface area contributed by atoms with Crippen LogP contribution in [0.3, 0.4) is 0 Å². The largest absolute Gasteiger partial charge is 0.462 e.